The fourth-order valence-corrected chi connectivity index (χ4v) is 3.69. The summed E-state index contributed by atoms with van der Waals surface area (Å²) in [6, 6.07) is 17.5. The maximum Gasteiger partial charge on any atom is 0.221 e. The number of amides is 1. The number of carbonyl (C=O) groups excluding carboxylic acids is 1. The summed E-state index contributed by atoms with van der Waals surface area (Å²) in [7, 11) is 0. The molecule has 3 heteroatoms. The molecule has 1 atom stereocenters. The van der Waals surface area contributed by atoms with E-state index in [1.807, 2.05) is 12.1 Å². The van der Waals surface area contributed by atoms with Crippen molar-refractivity contribution in [2.75, 3.05) is 11.9 Å². The highest BCUT2D eigenvalue weighted by Crippen LogP contribution is 2.28. The molecule has 2 N–H and O–H groups in total. The minimum Gasteiger partial charge on any atom is -0.326 e. The summed E-state index contributed by atoms with van der Waals surface area (Å²) >= 11 is 0. The van der Waals surface area contributed by atoms with Crippen LogP contribution < -0.4 is 10.6 Å². The third kappa shape index (κ3) is 5.17. The van der Waals surface area contributed by atoms with E-state index in [0.29, 0.717) is 6.04 Å². The van der Waals surface area contributed by atoms with Crippen molar-refractivity contribution in [2.45, 2.75) is 51.5 Å². The highest BCUT2D eigenvalue weighted by Gasteiger charge is 2.20. The minimum absolute atomic E-state index is 0.00654. The molecule has 0 radical (unpaired) electrons. The maximum absolute atomic E-state index is 11.3. The molecule has 0 saturated heterocycles. The first kappa shape index (κ1) is 17.7. The molecule has 132 valence electrons. The first-order chi connectivity index (χ1) is 12.2. The van der Waals surface area contributed by atoms with Crippen LogP contribution in [0.4, 0.5) is 5.69 Å². The van der Waals surface area contributed by atoms with Gasteiger partial charge < -0.3 is 10.6 Å². The van der Waals surface area contributed by atoms with Gasteiger partial charge in [0.25, 0.3) is 0 Å². The van der Waals surface area contributed by atoms with Gasteiger partial charge in [0.15, 0.2) is 0 Å². The second-order valence-electron chi connectivity index (χ2n) is 6.96. The molecule has 0 aliphatic heterocycles. The topological polar surface area (TPSA) is 41.1 Å². The quantitative estimate of drug-likeness (QED) is 0.747. The predicted octanol–water partition coefficient (Wildman–Crippen LogP) is 4.11. The highest BCUT2D eigenvalue weighted by atomic mass is 16.1. The minimum atomic E-state index is 0.00654. The van der Waals surface area contributed by atoms with Crippen LogP contribution in [-0.2, 0) is 24.1 Å². The Morgan fingerprint density at radius 1 is 1.08 bits per heavy atom. The molecule has 2 aromatic carbocycles. The maximum atomic E-state index is 11.3. The fraction of sp³-hybridized carbons (Fsp3) is 0.409. The SMILES string of the molecule is CC(=O)Nc1cccc2c1CCC(NCCCCc1ccccc1)C2. The lowest BCUT2D eigenvalue weighted by Gasteiger charge is -2.27. The molecule has 0 fully saturated rings. The molecule has 0 spiro atoms. The Balaban J connectivity index is 1.43. The summed E-state index contributed by atoms with van der Waals surface area (Å²) < 4.78 is 0. The Labute approximate surface area is 150 Å². The predicted molar refractivity (Wildman–Crippen MR) is 104 cm³/mol. The molecular weight excluding hydrogens is 308 g/mol. The molecule has 25 heavy (non-hydrogen) atoms. The van der Waals surface area contributed by atoms with E-state index in [-0.39, 0.29) is 5.91 Å². The van der Waals surface area contributed by atoms with Crippen LogP contribution in [0.25, 0.3) is 0 Å². The van der Waals surface area contributed by atoms with Gasteiger partial charge in [-0.25, -0.2) is 0 Å². The number of rotatable bonds is 7. The van der Waals surface area contributed by atoms with Crippen LogP contribution in [-0.4, -0.2) is 18.5 Å². The van der Waals surface area contributed by atoms with E-state index in [9.17, 15) is 4.79 Å². The van der Waals surface area contributed by atoms with Gasteiger partial charge in [0.2, 0.25) is 5.91 Å². The largest absolute Gasteiger partial charge is 0.326 e. The summed E-state index contributed by atoms with van der Waals surface area (Å²) in [6.07, 6.45) is 6.84. The fourth-order valence-electron chi connectivity index (χ4n) is 3.69. The second-order valence-corrected chi connectivity index (χ2v) is 6.96. The Hall–Kier alpha value is -2.13. The van der Waals surface area contributed by atoms with Gasteiger partial charge in [-0.1, -0.05) is 42.5 Å². The van der Waals surface area contributed by atoms with E-state index in [2.05, 4.69) is 47.0 Å². The van der Waals surface area contributed by atoms with Gasteiger partial charge in [-0.15, -0.1) is 0 Å². The molecule has 0 bridgehead atoms. The molecule has 3 nitrogen and oxygen atoms in total. The number of aryl methyl sites for hydroxylation is 1. The number of carbonyl (C=O) groups is 1. The number of benzene rings is 2. The Morgan fingerprint density at radius 3 is 2.72 bits per heavy atom. The van der Waals surface area contributed by atoms with Gasteiger partial charge in [0.05, 0.1) is 0 Å². The Kier molecular flexibility index (Phi) is 6.24. The van der Waals surface area contributed by atoms with E-state index in [1.165, 1.54) is 29.5 Å². The molecule has 1 aliphatic carbocycles. The van der Waals surface area contributed by atoms with E-state index < -0.39 is 0 Å². The number of hydrogen-bond donors (Lipinski definition) is 2. The molecular formula is C22H28N2O. The number of nitrogens with one attached hydrogen (secondary N) is 2. The first-order valence-electron chi connectivity index (χ1n) is 9.38. The van der Waals surface area contributed by atoms with Crippen LogP contribution in [0.1, 0.15) is 42.9 Å². The molecule has 1 aliphatic rings. The summed E-state index contributed by atoms with van der Waals surface area (Å²) in [5.41, 5.74) is 5.12. The van der Waals surface area contributed by atoms with Crippen LogP contribution in [0.5, 0.6) is 0 Å². The summed E-state index contributed by atoms with van der Waals surface area (Å²) in [4.78, 5) is 11.3. The molecule has 1 unspecified atom stereocenters. The number of hydrogen-bond acceptors (Lipinski definition) is 2. The molecule has 0 saturated carbocycles. The van der Waals surface area contributed by atoms with Crippen molar-refractivity contribution in [1.29, 1.82) is 0 Å². The number of unbranched alkanes of at least 4 members (excludes halogenated alkanes) is 1. The van der Waals surface area contributed by atoms with Crippen molar-refractivity contribution in [3.8, 4) is 0 Å². The van der Waals surface area contributed by atoms with Gasteiger partial charge in [-0.3, -0.25) is 4.79 Å². The molecule has 2 aromatic rings. The van der Waals surface area contributed by atoms with E-state index >= 15 is 0 Å². The average Bonchev–Trinajstić information content (AvgIpc) is 2.62. The van der Waals surface area contributed by atoms with Crippen LogP contribution in [0, 0.1) is 0 Å². The summed E-state index contributed by atoms with van der Waals surface area (Å²) in [5, 5.41) is 6.69. The number of anilines is 1. The lowest BCUT2D eigenvalue weighted by atomic mass is 9.87. The van der Waals surface area contributed by atoms with Crippen LogP contribution in [0.15, 0.2) is 48.5 Å². The number of fused-ring (bicyclic) bond motifs is 1. The zero-order chi connectivity index (χ0) is 17.5. The van der Waals surface area contributed by atoms with E-state index in [1.54, 1.807) is 6.92 Å². The van der Waals surface area contributed by atoms with Crippen molar-refractivity contribution in [3.63, 3.8) is 0 Å². The van der Waals surface area contributed by atoms with Crippen LogP contribution in [0.2, 0.25) is 0 Å². The normalized spacial score (nSPS) is 16.3. The molecule has 3 rings (SSSR count). The molecule has 0 aromatic heterocycles. The Morgan fingerprint density at radius 2 is 1.92 bits per heavy atom. The van der Waals surface area contributed by atoms with Crippen molar-refractivity contribution < 1.29 is 4.79 Å². The third-order valence-electron chi connectivity index (χ3n) is 4.96. The lowest BCUT2D eigenvalue weighted by molar-refractivity contribution is -0.114. The van der Waals surface area contributed by atoms with Crippen molar-refractivity contribution >= 4 is 11.6 Å². The van der Waals surface area contributed by atoms with E-state index in [0.717, 1.165) is 37.9 Å². The standard InChI is InChI=1S/C22H28N2O/c1-17(25)24-22-12-7-11-19-16-20(13-14-21(19)22)23-15-6-5-10-18-8-3-2-4-9-18/h2-4,7-9,11-12,20,23H,5-6,10,13-16H2,1H3,(H,24,25). The van der Waals surface area contributed by atoms with E-state index in [4.69, 9.17) is 0 Å². The highest BCUT2D eigenvalue weighted by molar-refractivity contribution is 5.89. The second kappa shape index (κ2) is 8.82. The van der Waals surface area contributed by atoms with Crippen LogP contribution in [0.3, 0.4) is 0 Å². The molecule has 0 heterocycles. The first-order valence-corrected chi connectivity index (χ1v) is 9.38. The summed E-state index contributed by atoms with van der Waals surface area (Å²) in [5.74, 6) is 0.00654. The lowest BCUT2D eigenvalue weighted by Crippen LogP contribution is -2.35. The zero-order valence-electron chi connectivity index (χ0n) is 15.1. The Bertz CT molecular complexity index is 696. The van der Waals surface area contributed by atoms with Gasteiger partial charge in [-0.05, 0) is 67.8 Å². The van der Waals surface area contributed by atoms with Crippen molar-refractivity contribution in [3.05, 3.63) is 65.2 Å². The third-order valence-corrected chi connectivity index (χ3v) is 4.96. The van der Waals surface area contributed by atoms with Crippen LogP contribution >= 0.6 is 0 Å². The van der Waals surface area contributed by atoms with Crippen molar-refractivity contribution in [2.24, 2.45) is 0 Å². The van der Waals surface area contributed by atoms with Crippen molar-refractivity contribution in [1.82, 2.24) is 5.32 Å². The monoisotopic (exact) mass is 336 g/mol. The van der Waals surface area contributed by atoms with Gasteiger partial charge in [0.1, 0.15) is 0 Å². The van der Waals surface area contributed by atoms with Gasteiger partial charge in [-0.2, -0.15) is 0 Å². The zero-order valence-corrected chi connectivity index (χ0v) is 15.1. The van der Waals surface area contributed by atoms with Gasteiger partial charge >= 0.3 is 0 Å². The molecule has 1 amide bonds. The summed E-state index contributed by atoms with van der Waals surface area (Å²) in [6.45, 7) is 2.65. The average molecular weight is 336 g/mol. The van der Waals surface area contributed by atoms with Gasteiger partial charge in [0, 0.05) is 18.7 Å². The smallest absolute Gasteiger partial charge is 0.221 e.